The van der Waals surface area contributed by atoms with Gasteiger partial charge in [0.25, 0.3) is 5.56 Å². The molecule has 9 N–H and O–H groups in total. The molecule has 37 heavy (non-hydrogen) atoms. The van der Waals surface area contributed by atoms with Crippen LogP contribution >= 0.6 is 7.75 Å². The lowest BCUT2D eigenvalue weighted by Gasteiger charge is -2.16. The number of imidazole rings is 1. The zero-order valence-electron chi connectivity index (χ0n) is 20.0. The Kier molecular flexibility index (Phi) is 11.1. The fourth-order valence-corrected chi connectivity index (χ4v) is 3.46. The van der Waals surface area contributed by atoms with Crippen molar-refractivity contribution in [3.63, 3.8) is 0 Å². The number of anilines is 1. The third kappa shape index (κ3) is 8.83. The maximum absolute atomic E-state index is 11.8. The number of H-pyrrole nitrogens is 1. The van der Waals surface area contributed by atoms with Crippen molar-refractivity contribution < 1.29 is 48.0 Å². The number of nitrogens with one attached hydrogen (secondary N) is 2. The average Bonchev–Trinajstić information content (AvgIpc) is 3.34. The minimum atomic E-state index is -4.26. The van der Waals surface area contributed by atoms with Gasteiger partial charge in [-0.15, -0.1) is 0 Å². The lowest BCUT2D eigenvalue weighted by Crippen LogP contribution is -2.33. The maximum Gasteiger partial charge on any atom is 0.400 e. The quantitative estimate of drug-likeness (QED) is 0.115. The summed E-state index contributed by atoms with van der Waals surface area (Å²) in [5.74, 6) is -0.898. The number of esters is 2. The zero-order valence-corrected chi connectivity index (χ0v) is 20.9. The van der Waals surface area contributed by atoms with Crippen LogP contribution in [0.15, 0.2) is 11.1 Å². The van der Waals surface area contributed by atoms with Gasteiger partial charge in [0.1, 0.15) is 18.3 Å². The van der Waals surface area contributed by atoms with Gasteiger partial charge in [0.2, 0.25) is 5.95 Å². The summed E-state index contributed by atoms with van der Waals surface area (Å²) in [6.45, 7) is 3.69. The van der Waals surface area contributed by atoms with Gasteiger partial charge in [0, 0.05) is 0 Å². The molecule has 2 aromatic rings. The van der Waals surface area contributed by atoms with E-state index < -0.39 is 44.5 Å². The maximum atomic E-state index is 11.8. The van der Waals surface area contributed by atoms with Crippen molar-refractivity contribution in [1.29, 1.82) is 0 Å². The Morgan fingerprint density at radius 1 is 1.22 bits per heavy atom. The van der Waals surface area contributed by atoms with Gasteiger partial charge in [-0.1, -0.05) is 0 Å². The van der Waals surface area contributed by atoms with E-state index in [1.54, 1.807) is 13.8 Å². The van der Waals surface area contributed by atoms with Crippen molar-refractivity contribution >= 4 is 36.8 Å². The molecule has 1 saturated heterocycles. The molecule has 0 radical (unpaired) electrons. The normalized spacial score (nSPS) is 22.6. The highest BCUT2D eigenvalue weighted by Gasteiger charge is 2.45. The Balaban J connectivity index is 0.000000317. The molecule has 0 amide bonds. The number of rotatable bonds is 10. The van der Waals surface area contributed by atoms with Crippen molar-refractivity contribution in [1.82, 2.24) is 24.8 Å². The number of carbonyl (C=O) groups is 2. The molecule has 18 nitrogen and oxygen atoms in total. The first-order valence-corrected chi connectivity index (χ1v) is 12.5. The average molecular weight is 551 g/mol. The smallest absolute Gasteiger partial charge is 0.400 e. The molecule has 1 unspecified atom stereocenters. The second kappa shape index (κ2) is 13.5. The molecule has 0 spiro atoms. The van der Waals surface area contributed by atoms with Crippen LogP contribution in [0.1, 0.15) is 20.1 Å². The molecule has 1 aliphatic heterocycles. The number of aliphatic hydroxyl groups excluding tert-OH is 2. The fourth-order valence-electron chi connectivity index (χ4n) is 3.10. The first kappa shape index (κ1) is 30.3. The molecular formula is C18H30N7O11P. The molecule has 0 aromatic carbocycles. The number of fused-ring (bicyclic) bond motifs is 1. The Hall–Kier alpha value is -2.96. The predicted molar refractivity (Wildman–Crippen MR) is 125 cm³/mol. The lowest BCUT2D eigenvalue weighted by atomic mass is 10.1. The zero-order chi connectivity index (χ0) is 27.8. The van der Waals surface area contributed by atoms with E-state index in [4.69, 9.17) is 20.9 Å². The van der Waals surface area contributed by atoms with E-state index in [9.17, 15) is 29.2 Å². The van der Waals surface area contributed by atoms with Crippen LogP contribution in [0.5, 0.6) is 0 Å². The molecule has 3 heterocycles. The standard InChI is InChI=1S/C10H15N6O7P.C8H15NO4/c11-10-14-7-4(8(19)15-10)13-2-16(7)9-6(18)5(17)3(23-9)1-22-24(12,20)21;1-3-12-7(10)5-9-6-8(11)13-4-2/h2-3,5-6,9,17-18H,1H2,(H3,12,20,21)(H3,11,14,15,19);9H,3-6H2,1-2H3/t3-,5-,6-,9-;/m1./s1. The number of ether oxygens (including phenoxy) is 3. The molecule has 19 heteroatoms. The third-order valence-corrected chi connectivity index (χ3v) is 5.15. The Morgan fingerprint density at radius 3 is 2.35 bits per heavy atom. The monoisotopic (exact) mass is 551 g/mol. The number of hydrogen-bond donors (Lipinski definition) is 7. The summed E-state index contributed by atoms with van der Waals surface area (Å²) in [4.78, 5) is 52.2. The summed E-state index contributed by atoms with van der Waals surface area (Å²) in [6.07, 6.45) is -3.97. The first-order valence-electron chi connectivity index (χ1n) is 10.9. The van der Waals surface area contributed by atoms with Gasteiger partial charge in [-0.05, 0) is 13.8 Å². The molecule has 1 aliphatic rings. The number of nitrogens with zero attached hydrogens (tertiary/aromatic N) is 3. The summed E-state index contributed by atoms with van der Waals surface area (Å²) < 4.78 is 31.4. The topological polar surface area (TPSA) is 276 Å². The molecule has 1 fully saturated rings. The number of aliphatic hydroxyl groups is 2. The van der Waals surface area contributed by atoms with Crippen LogP contribution < -0.4 is 22.1 Å². The van der Waals surface area contributed by atoms with E-state index in [-0.39, 0.29) is 42.1 Å². The second-order valence-corrected chi connectivity index (χ2v) is 8.78. The van der Waals surface area contributed by atoms with E-state index >= 15 is 0 Å². The highest BCUT2D eigenvalue weighted by atomic mass is 31.2. The first-order chi connectivity index (χ1) is 17.4. The molecule has 2 aromatic heterocycles. The van der Waals surface area contributed by atoms with Crippen LogP contribution in [0, 0.1) is 0 Å². The number of hydrogen-bond acceptors (Lipinski definition) is 14. The fraction of sp³-hybridized carbons (Fsp3) is 0.611. The molecule has 208 valence electrons. The highest BCUT2D eigenvalue weighted by molar-refractivity contribution is 7.50. The van der Waals surface area contributed by atoms with Gasteiger partial charge in [0.15, 0.2) is 17.4 Å². The van der Waals surface area contributed by atoms with E-state index in [2.05, 4.69) is 34.3 Å². The van der Waals surface area contributed by atoms with Gasteiger partial charge in [-0.3, -0.25) is 33.8 Å². The van der Waals surface area contributed by atoms with Crippen LogP contribution in [0.2, 0.25) is 0 Å². The number of nitrogens with two attached hydrogens (primary N) is 2. The van der Waals surface area contributed by atoms with Crippen LogP contribution in [0.25, 0.3) is 11.2 Å². The van der Waals surface area contributed by atoms with Crippen molar-refractivity contribution in [2.24, 2.45) is 5.50 Å². The van der Waals surface area contributed by atoms with Crippen LogP contribution in [0.4, 0.5) is 5.95 Å². The van der Waals surface area contributed by atoms with Gasteiger partial charge >= 0.3 is 19.7 Å². The summed E-state index contributed by atoms with van der Waals surface area (Å²) in [5.41, 5.74) is 9.76. The summed E-state index contributed by atoms with van der Waals surface area (Å²) in [6, 6.07) is 0. The van der Waals surface area contributed by atoms with Gasteiger partial charge in [-0.25, -0.2) is 15.1 Å². The van der Waals surface area contributed by atoms with Crippen LogP contribution in [-0.4, -0.2) is 97.8 Å². The second-order valence-electron chi connectivity index (χ2n) is 7.39. The van der Waals surface area contributed by atoms with Gasteiger partial charge in [-0.2, -0.15) is 4.98 Å². The predicted octanol–water partition coefficient (Wildman–Crippen LogP) is -2.90. The minimum absolute atomic E-state index is 0.0315. The van der Waals surface area contributed by atoms with E-state index in [1.165, 1.54) is 10.9 Å². The Morgan fingerprint density at radius 2 is 1.81 bits per heavy atom. The van der Waals surface area contributed by atoms with E-state index in [1.807, 2.05) is 0 Å². The molecule has 0 saturated carbocycles. The largest absolute Gasteiger partial charge is 0.465 e. The third-order valence-electron chi connectivity index (χ3n) is 4.64. The summed E-state index contributed by atoms with van der Waals surface area (Å²) in [7, 11) is -4.26. The van der Waals surface area contributed by atoms with E-state index in [0.29, 0.717) is 13.2 Å². The van der Waals surface area contributed by atoms with Gasteiger partial charge < -0.3 is 35.1 Å². The van der Waals surface area contributed by atoms with Crippen molar-refractivity contribution in [3.05, 3.63) is 16.7 Å². The highest BCUT2D eigenvalue weighted by Crippen LogP contribution is 2.36. The lowest BCUT2D eigenvalue weighted by molar-refractivity contribution is -0.143. The van der Waals surface area contributed by atoms with Crippen molar-refractivity contribution in [2.45, 2.75) is 38.4 Å². The minimum Gasteiger partial charge on any atom is -0.465 e. The number of carbonyl (C=O) groups excluding carboxylic acids is 2. The molecular weight excluding hydrogens is 521 g/mol. The molecule has 5 atom stereocenters. The molecule has 3 rings (SSSR count). The summed E-state index contributed by atoms with van der Waals surface area (Å²) in [5, 5.41) is 22.7. The van der Waals surface area contributed by atoms with Gasteiger partial charge in [0.05, 0.1) is 39.2 Å². The number of aromatic nitrogens is 4. The summed E-state index contributed by atoms with van der Waals surface area (Å²) >= 11 is 0. The Bertz CT molecular complexity index is 1150. The SMILES string of the molecule is CCOC(=O)CNCC(=O)OCC.Nc1nc2c(ncn2[C@@H]2O[C@H](COP(N)(=O)O)[C@@H](O)[C@H]2O)c(=O)[nH]1. The van der Waals surface area contributed by atoms with Crippen LogP contribution in [-0.2, 0) is 32.9 Å². The van der Waals surface area contributed by atoms with Crippen molar-refractivity contribution in [2.75, 3.05) is 38.6 Å². The van der Waals surface area contributed by atoms with E-state index in [0.717, 1.165) is 0 Å². The van der Waals surface area contributed by atoms with Crippen molar-refractivity contribution in [3.8, 4) is 0 Å². The van der Waals surface area contributed by atoms with Crippen LogP contribution in [0.3, 0.4) is 0 Å². The Labute approximate surface area is 209 Å². The molecule has 0 bridgehead atoms. The number of nitrogen functional groups attached to an aromatic ring is 1. The number of aromatic amines is 1. The molecule has 0 aliphatic carbocycles.